The fourth-order valence-corrected chi connectivity index (χ4v) is 5.89. The van der Waals surface area contributed by atoms with E-state index in [1.165, 1.54) is 0 Å². The van der Waals surface area contributed by atoms with Crippen LogP contribution in [0.5, 0.6) is 17.2 Å². The van der Waals surface area contributed by atoms with Gasteiger partial charge in [0.15, 0.2) is 0 Å². The molecule has 2 atom stereocenters. The molecule has 2 aliphatic rings. The number of ether oxygens (including phenoxy) is 3. The number of aliphatic hydroxyl groups is 2. The molecular weight excluding hydrogens is 627 g/mol. The smallest absolute Gasteiger partial charge is 0.394 e. The highest BCUT2D eigenvalue weighted by Crippen LogP contribution is 2.49. The number of fused-ring (bicyclic) bond motifs is 1. The minimum absolute atomic E-state index is 0.0417. The second-order valence-electron chi connectivity index (χ2n) is 11.1. The van der Waals surface area contributed by atoms with Crippen LogP contribution in [0.3, 0.4) is 0 Å². The third-order valence-electron chi connectivity index (χ3n) is 7.13. The van der Waals surface area contributed by atoms with Gasteiger partial charge in [-0.05, 0) is 70.0 Å². The molecule has 1 aliphatic heterocycles. The van der Waals surface area contributed by atoms with E-state index in [9.17, 15) is 14.2 Å². The molecule has 2 fully saturated rings. The number of phosphoric ester groups is 1. The van der Waals surface area contributed by atoms with Gasteiger partial charge in [-0.3, -0.25) is 9.59 Å². The van der Waals surface area contributed by atoms with Crippen LogP contribution >= 0.6 is 7.82 Å². The Kier molecular flexibility index (Phi) is 15.9. The van der Waals surface area contributed by atoms with Crippen LogP contribution in [-0.2, 0) is 28.4 Å². The lowest BCUT2D eigenvalue weighted by atomic mass is 9.81. The Morgan fingerprint density at radius 2 is 0.915 bits per heavy atom. The predicted octanol–water partition coefficient (Wildman–Crippen LogP) is 6.14. The Hall–Kier alpha value is -3.73. The van der Waals surface area contributed by atoms with E-state index in [0.717, 1.165) is 42.4 Å². The van der Waals surface area contributed by atoms with Crippen LogP contribution in [0, 0.1) is 32.6 Å². The lowest BCUT2D eigenvalue weighted by Gasteiger charge is -2.19. The van der Waals surface area contributed by atoms with Crippen molar-refractivity contribution in [3.05, 3.63) is 89.5 Å². The van der Waals surface area contributed by atoms with Gasteiger partial charge in [0.2, 0.25) is 0 Å². The normalized spacial score (nSPS) is 16.9. The Labute approximate surface area is 276 Å². The monoisotopic (exact) mass is 672 g/mol. The number of carbonyl (C=O) groups is 2. The van der Waals surface area contributed by atoms with Crippen molar-refractivity contribution in [2.75, 3.05) is 39.6 Å². The Morgan fingerprint density at radius 1 is 0.596 bits per heavy atom. The molecule has 3 aromatic rings. The first-order chi connectivity index (χ1) is 22.6. The molecule has 0 amide bonds. The average molecular weight is 673 g/mol. The summed E-state index contributed by atoms with van der Waals surface area (Å²) < 4.78 is 44.5. The molecule has 11 nitrogen and oxygen atoms in total. The third kappa shape index (κ3) is 13.5. The number of esters is 2. The Balaban J connectivity index is 0.000000234. The molecular formula is C35H45O11P. The van der Waals surface area contributed by atoms with E-state index in [1.807, 2.05) is 57.2 Å². The molecule has 1 saturated carbocycles. The zero-order valence-corrected chi connectivity index (χ0v) is 28.1. The van der Waals surface area contributed by atoms with Crippen LogP contribution in [0.4, 0.5) is 0 Å². The second-order valence-corrected chi connectivity index (χ2v) is 12.5. The number of carbonyl (C=O) groups excluding carboxylic acids is 2. The largest absolute Gasteiger partial charge is 0.647 e. The molecule has 12 heteroatoms. The molecule has 1 saturated heterocycles. The highest BCUT2D eigenvalue weighted by molar-refractivity contribution is 7.49. The molecule has 2 N–H and O–H groups in total. The van der Waals surface area contributed by atoms with Gasteiger partial charge < -0.3 is 38.0 Å². The van der Waals surface area contributed by atoms with Crippen molar-refractivity contribution in [1.29, 1.82) is 0 Å². The fraction of sp³-hybridized carbons (Fsp3) is 0.429. The zero-order chi connectivity index (χ0) is 34.1. The maximum atomic E-state index is 13.3. The van der Waals surface area contributed by atoms with Gasteiger partial charge in [-0.15, -0.1) is 0 Å². The van der Waals surface area contributed by atoms with Crippen molar-refractivity contribution < 1.29 is 52.1 Å². The number of hydrogen-bond acceptors (Lipinski definition) is 11. The summed E-state index contributed by atoms with van der Waals surface area (Å²) in [4.78, 5) is 22.0. The molecule has 1 aliphatic carbocycles. The van der Waals surface area contributed by atoms with Crippen molar-refractivity contribution in [1.82, 2.24) is 0 Å². The van der Waals surface area contributed by atoms with Crippen LogP contribution in [-0.4, -0.2) is 61.8 Å². The highest BCUT2D eigenvalue weighted by Gasteiger charge is 2.45. The van der Waals surface area contributed by atoms with Crippen molar-refractivity contribution in [3.63, 3.8) is 0 Å². The summed E-state index contributed by atoms with van der Waals surface area (Å²) in [5, 5.41) is 16.5. The van der Waals surface area contributed by atoms with Gasteiger partial charge in [-0.1, -0.05) is 65.9 Å². The van der Waals surface area contributed by atoms with Crippen LogP contribution < -0.4 is 13.6 Å². The molecule has 5 rings (SSSR count). The van der Waals surface area contributed by atoms with Gasteiger partial charge in [-0.2, -0.15) is 4.57 Å². The van der Waals surface area contributed by atoms with Crippen LogP contribution in [0.15, 0.2) is 72.8 Å². The number of cyclic esters (lactones) is 2. The van der Waals surface area contributed by atoms with Gasteiger partial charge in [0.1, 0.15) is 17.2 Å². The van der Waals surface area contributed by atoms with Crippen molar-refractivity contribution in [2.45, 2.75) is 46.5 Å². The summed E-state index contributed by atoms with van der Waals surface area (Å²) in [7, 11) is -3.93. The molecule has 3 aromatic carbocycles. The van der Waals surface area contributed by atoms with Crippen LogP contribution in [0.25, 0.3) is 0 Å². The fourth-order valence-electron chi connectivity index (χ4n) is 4.64. The van der Waals surface area contributed by atoms with Crippen LogP contribution in [0.2, 0.25) is 0 Å². The lowest BCUT2D eigenvalue weighted by molar-refractivity contribution is -0.153. The van der Waals surface area contributed by atoms with Crippen molar-refractivity contribution in [3.8, 4) is 17.2 Å². The molecule has 2 unspecified atom stereocenters. The topological polar surface area (TPSA) is 147 Å². The number of phosphoric acid groups is 1. The average Bonchev–Trinajstić information content (AvgIpc) is 3.36. The summed E-state index contributed by atoms with van der Waals surface area (Å²) in [6.45, 7) is 7.63. The lowest BCUT2D eigenvalue weighted by Crippen LogP contribution is -2.21. The summed E-state index contributed by atoms with van der Waals surface area (Å²) in [6.07, 6.45) is 3.80. The summed E-state index contributed by atoms with van der Waals surface area (Å²) in [6, 6.07) is 21.6. The number of rotatable bonds is 13. The SMILES string of the molecule is Cc1ccc(OP(=O)(Oc2ccc(C)cc2)Oc2ccc(C)cc2)cc1.O=C1OC(=O)C2CCCCC12.OCCOCCOCCO. The molecule has 256 valence electrons. The number of aliphatic hydroxyl groups excluding tert-OH is 2. The van der Waals surface area contributed by atoms with Gasteiger partial charge in [0.25, 0.3) is 0 Å². The standard InChI is InChI=1S/C21H21O4P.C8H10O3.C6H14O4/c1-16-4-10-19(11-5-16)23-26(22,24-20-12-6-17(2)7-13-20)25-21-14-8-18(3)9-15-21;9-7-5-3-1-2-4-6(5)8(10)11-7;7-1-3-9-5-6-10-4-2-8/h4-15H,1-3H3;5-6H,1-4H2;7-8H,1-6H2. The first-order valence-corrected chi connectivity index (χ1v) is 17.1. The van der Waals surface area contributed by atoms with E-state index in [-0.39, 0.29) is 37.0 Å². The van der Waals surface area contributed by atoms with Crippen molar-refractivity contribution >= 4 is 19.8 Å². The van der Waals surface area contributed by atoms with E-state index < -0.39 is 7.82 Å². The first-order valence-electron chi connectivity index (χ1n) is 15.6. The maximum absolute atomic E-state index is 13.3. The minimum atomic E-state index is -3.93. The maximum Gasteiger partial charge on any atom is 0.647 e. The first kappa shape index (κ1) is 37.7. The highest BCUT2D eigenvalue weighted by atomic mass is 31.2. The summed E-state index contributed by atoms with van der Waals surface area (Å²) >= 11 is 0. The summed E-state index contributed by atoms with van der Waals surface area (Å²) in [5.74, 6) is 0.460. The number of aryl methyl sites for hydroxylation is 3. The van der Waals surface area contributed by atoms with E-state index >= 15 is 0 Å². The molecule has 47 heavy (non-hydrogen) atoms. The van der Waals surface area contributed by atoms with Crippen LogP contribution in [0.1, 0.15) is 42.4 Å². The number of benzene rings is 3. The van der Waals surface area contributed by atoms with Gasteiger partial charge in [0, 0.05) is 0 Å². The van der Waals surface area contributed by atoms with E-state index in [1.54, 1.807) is 36.4 Å². The van der Waals surface area contributed by atoms with Gasteiger partial charge in [-0.25, -0.2) is 0 Å². The van der Waals surface area contributed by atoms with E-state index in [4.69, 9.17) is 33.3 Å². The van der Waals surface area contributed by atoms with Gasteiger partial charge >= 0.3 is 19.8 Å². The zero-order valence-electron chi connectivity index (χ0n) is 27.2. The number of hydrogen-bond donors (Lipinski definition) is 2. The van der Waals surface area contributed by atoms with E-state index in [2.05, 4.69) is 4.74 Å². The molecule has 1 heterocycles. The van der Waals surface area contributed by atoms with Gasteiger partial charge in [0.05, 0.1) is 51.5 Å². The molecule has 0 bridgehead atoms. The molecule has 0 radical (unpaired) electrons. The molecule has 0 spiro atoms. The molecule has 0 aromatic heterocycles. The third-order valence-corrected chi connectivity index (χ3v) is 8.43. The Morgan fingerprint density at radius 3 is 1.21 bits per heavy atom. The predicted molar refractivity (Wildman–Crippen MR) is 175 cm³/mol. The minimum Gasteiger partial charge on any atom is -0.394 e. The Bertz CT molecular complexity index is 1260. The van der Waals surface area contributed by atoms with E-state index in [0.29, 0.717) is 43.7 Å². The quantitative estimate of drug-likeness (QED) is 0.0935. The summed E-state index contributed by atoms with van der Waals surface area (Å²) in [5.41, 5.74) is 3.23. The second kappa shape index (κ2) is 19.8. The van der Waals surface area contributed by atoms with Crippen molar-refractivity contribution in [2.24, 2.45) is 11.8 Å².